The van der Waals surface area contributed by atoms with Crippen molar-refractivity contribution in [3.05, 3.63) is 47.7 Å². The van der Waals surface area contributed by atoms with Crippen molar-refractivity contribution >= 4 is 49.9 Å². The third-order valence-corrected chi connectivity index (χ3v) is 5.07. The van der Waals surface area contributed by atoms with E-state index in [9.17, 15) is 4.79 Å². The van der Waals surface area contributed by atoms with Gasteiger partial charge in [0.1, 0.15) is 6.33 Å². The number of nitrogens with one attached hydrogen (secondary N) is 3. The van der Waals surface area contributed by atoms with Crippen LogP contribution in [-0.4, -0.2) is 41.1 Å². The molecule has 3 heterocycles. The topological polar surface area (TPSA) is 91.9 Å². The van der Waals surface area contributed by atoms with Crippen molar-refractivity contribution in [2.24, 2.45) is 0 Å². The molecular weight excluding hydrogens is 350 g/mol. The number of thiophene rings is 1. The third-order valence-electron chi connectivity index (χ3n) is 3.94. The van der Waals surface area contributed by atoms with Crippen LogP contribution in [0.1, 0.15) is 9.67 Å². The van der Waals surface area contributed by atoms with Crippen LogP contribution in [0.2, 0.25) is 0 Å². The number of methoxy groups -OCH3 is 1. The predicted octanol–water partition coefficient (Wildman–Crippen LogP) is 3.29. The molecule has 3 aromatic heterocycles. The Balaban J connectivity index is 1.61. The Morgan fingerprint density at radius 3 is 3.08 bits per heavy atom. The van der Waals surface area contributed by atoms with Gasteiger partial charge in [-0.3, -0.25) is 4.79 Å². The van der Waals surface area contributed by atoms with Crippen molar-refractivity contribution in [1.29, 1.82) is 0 Å². The number of carbonyl (C=O) groups is 1. The van der Waals surface area contributed by atoms with Crippen molar-refractivity contribution in [1.82, 2.24) is 20.3 Å². The van der Waals surface area contributed by atoms with E-state index in [4.69, 9.17) is 4.74 Å². The van der Waals surface area contributed by atoms with Gasteiger partial charge in [0.2, 0.25) is 0 Å². The number of anilines is 2. The van der Waals surface area contributed by atoms with E-state index >= 15 is 0 Å². The zero-order valence-electron chi connectivity index (χ0n) is 14.1. The van der Waals surface area contributed by atoms with Crippen molar-refractivity contribution in [3.8, 4) is 0 Å². The largest absolute Gasteiger partial charge is 0.383 e. The van der Waals surface area contributed by atoms with Gasteiger partial charge in [-0.25, -0.2) is 9.97 Å². The van der Waals surface area contributed by atoms with Crippen LogP contribution in [0.5, 0.6) is 0 Å². The average Bonchev–Trinajstić information content (AvgIpc) is 3.28. The monoisotopic (exact) mass is 367 g/mol. The summed E-state index contributed by atoms with van der Waals surface area (Å²) in [5.74, 6) is 0.551. The summed E-state index contributed by atoms with van der Waals surface area (Å²) in [6, 6.07) is 9.84. The average molecular weight is 367 g/mol. The summed E-state index contributed by atoms with van der Waals surface area (Å²) in [7, 11) is 1.60. The van der Waals surface area contributed by atoms with Gasteiger partial charge in [-0.05, 0) is 30.3 Å². The zero-order chi connectivity index (χ0) is 17.9. The normalized spacial score (nSPS) is 11.1. The first-order valence-electron chi connectivity index (χ1n) is 8.10. The highest BCUT2D eigenvalue weighted by atomic mass is 32.1. The van der Waals surface area contributed by atoms with Gasteiger partial charge in [0.05, 0.1) is 21.7 Å². The molecule has 0 atom stereocenters. The number of H-pyrrole nitrogens is 1. The fourth-order valence-electron chi connectivity index (χ4n) is 2.68. The second-order valence-corrected chi connectivity index (χ2v) is 6.75. The number of rotatable bonds is 6. The molecular formula is C18H17N5O2S. The van der Waals surface area contributed by atoms with Crippen LogP contribution in [-0.2, 0) is 4.74 Å². The summed E-state index contributed by atoms with van der Waals surface area (Å²) in [6.07, 6.45) is 3.41. The first-order chi connectivity index (χ1) is 12.7. The number of hydrogen-bond acceptors (Lipinski definition) is 6. The van der Waals surface area contributed by atoms with Crippen LogP contribution in [0.3, 0.4) is 0 Å². The van der Waals surface area contributed by atoms with Gasteiger partial charge in [-0.15, -0.1) is 11.3 Å². The Labute approximate surface area is 153 Å². The number of fused-ring (bicyclic) bond motifs is 2. The molecule has 0 saturated heterocycles. The molecule has 7 nitrogen and oxygen atoms in total. The quantitative estimate of drug-likeness (QED) is 0.455. The summed E-state index contributed by atoms with van der Waals surface area (Å²) in [6.45, 7) is 0.946. The van der Waals surface area contributed by atoms with E-state index in [1.54, 1.807) is 13.2 Å². The molecule has 26 heavy (non-hydrogen) atoms. The summed E-state index contributed by atoms with van der Waals surface area (Å²) >= 11 is 1.37. The van der Waals surface area contributed by atoms with Crippen LogP contribution >= 0.6 is 11.3 Å². The van der Waals surface area contributed by atoms with Crippen molar-refractivity contribution in [3.63, 3.8) is 0 Å². The van der Waals surface area contributed by atoms with Crippen molar-refractivity contribution < 1.29 is 9.53 Å². The summed E-state index contributed by atoms with van der Waals surface area (Å²) < 4.78 is 5.80. The summed E-state index contributed by atoms with van der Waals surface area (Å²) in [5, 5.41) is 7.26. The number of carbonyl (C=O) groups excluding carboxylic acids is 1. The SMILES string of the molecule is COCCNC(=O)c1cc2ncnc(Nc3ccc4[nH]ccc4c3)c2s1. The lowest BCUT2D eigenvalue weighted by atomic mass is 10.2. The zero-order valence-corrected chi connectivity index (χ0v) is 14.9. The van der Waals surface area contributed by atoms with Crippen LogP contribution in [0.15, 0.2) is 42.9 Å². The standard InChI is InChI=1S/C18H17N5O2S/c1-25-7-6-20-18(24)15-9-14-16(26-15)17(22-10-21-14)23-12-2-3-13-11(8-12)4-5-19-13/h2-5,8-10,19H,6-7H2,1H3,(H,20,24)(H,21,22,23). The maximum absolute atomic E-state index is 12.2. The van der Waals surface area contributed by atoms with Gasteiger partial charge in [-0.2, -0.15) is 0 Å². The molecule has 1 aromatic carbocycles. The molecule has 0 bridgehead atoms. The lowest BCUT2D eigenvalue weighted by molar-refractivity contribution is 0.0941. The van der Waals surface area contributed by atoms with Crippen molar-refractivity contribution in [2.45, 2.75) is 0 Å². The molecule has 0 saturated carbocycles. The molecule has 8 heteroatoms. The van der Waals surface area contributed by atoms with E-state index in [1.807, 2.05) is 30.5 Å². The van der Waals surface area contributed by atoms with Gasteiger partial charge in [0, 0.05) is 36.4 Å². The first-order valence-corrected chi connectivity index (χ1v) is 8.92. The van der Waals surface area contributed by atoms with Gasteiger partial charge < -0.3 is 20.4 Å². The van der Waals surface area contributed by atoms with E-state index in [1.165, 1.54) is 17.7 Å². The first kappa shape index (κ1) is 16.5. The molecule has 0 unspecified atom stereocenters. The number of hydrogen-bond donors (Lipinski definition) is 3. The van der Waals surface area contributed by atoms with E-state index in [2.05, 4.69) is 25.6 Å². The predicted molar refractivity (Wildman–Crippen MR) is 103 cm³/mol. The molecule has 0 radical (unpaired) electrons. The van der Waals surface area contributed by atoms with Crippen LogP contribution in [0.25, 0.3) is 21.1 Å². The Kier molecular flexibility index (Phi) is 4.51. The van der Waals surface area contributed by atoms with Gasteiger partial charge in [-0.1, -0.05) is 0 Å². The van der Waals surface area contributed by atoms with E-state index in [-0.39, 0.29) is 5.91 Å². The molecule has 1 amide bonds. The number of aromatic amines is 1. The molecule has 0 aliphatic carbocycles. The second-order valence-electron chi connectivity index (χ2n) is 5.70. The summed E-state index contributed by atoms with van der Waals surface area (Å²) in [4.78, 5) is 24.6. The highest BCUT2D eigenvalue weighted by Crippen LogP contribution is 2.31. The minimum absolute atomic E-state index is 0.134. The van der Waals surface area contributed by atoms with E-state index in [0.717, 1.165) is 26.8 Å². The Morgan fingerprint density at radius 1 is 1.27 bits per heavy atom. The highest BCUT2D eigenvalue weighted by molar-refractivity contribution is 7.21. The molecule has 0 spiro atoms. The maximum Gasteiger partial charge on any atom is 0.261 e. The van der Waals surface area contributed by atoms with Crippen LogP contribution in [0.4, 0.5) is 11.5 Å². The number of aromatic nitrogens is 3. The molecule has 4 rings (SSSR count). The van der Waals surface area contributed by atoms with E-state index in [0.29, 0.717) is 23.8 Å². The molecule has 0 aliphatic rings. The minimum atomic E-state index is -0.134. The number of ether oxygens (including phenoxy) is 1. The third kappa shape index (κ3) is 3.24. The highest BCUT2D eigenvalue weighted by Gasteiger charge is 2.14. The number of amides is 1. The number of benzene rings is 1. The second kappa shape index (κ2) is 7.11. The summed E-state index contributed by atoms with van der Waals surface area (Å²) in [5.41, 5.74) is 2.75. The fraction of sp³-hybridized carbons (Fsp3) is 0.167. The molecule has 3 N–H and O–H groups in total. The lowest BCUT2D eigenvalue weighted by Gasteiger charge is -2.06. The lowest BCUT2D eigenvalue weighted by Crippen LogP contribution is -2.26. The maximum atomic E-state index is 12.2. The Morgan fingerprint density at radius 2 is 2.19 bits per heavy atom. The van der Waals surface area contributed by atoms with Gasteiger partial charge in [0.25, 0.3) is 5.91 Å². The minimum Gasteiger partial charge on any atom is -0.383 e. The molecule has 0 fully saturated rings. The van der Waals surface area contributed by atoms with Crippen LogP contribution in [0, 0.1) is 0 Å². The van der Waals surface area contributed by atoms with Gasteiger partial charge >= 0.3 is 0 Å². The fourth-order valence-corrected chi connectivity index (χ4v) is 3.65. The van der Waals surface area contributed by atoms with Crippen molar-refractivity contribution in [2.75, 3.05) is 25.6 Å². The number of nitrogens with zero attached hydrogens (tertiary/aromatic N) is 2. The molecule has 0 aliphatic heterocycles. The van der Waals surface area contributed by atoms with Crippen LogP contribution < -0.4 is 10.6 Å². The Bertz CT molecular complexity index is 1070. The molecule has 132 valence electrons. The smallest absolute Gasteiger partial charge is 0.261 e. The van der Waals surface area contributed by atoms with Gasteiger partial charge in [0.15, 0.2) is 5.82 Å². The Hall–Kier alpha value is -2.97. The van der Waals surface area contributed by atoms with E-state index < -0.39 is 0 Å². The molecule has 4 aromatic rings.